The lowest BCUT2D eigenvalue weighted by atomic mass is 9.78. The van der Waals surface area contributed by atoms with Crippen molar-refractivity contribution in [2.45, 2.75) is 31.9 Å². The lowest BCUT2D eigenvalue weighted by Crippen LogP contribution is -2.46. The van der Waals surface area contributed by atoms with E-state index in [1.54, 1.807) is 21.3 Å². The van der Waals surface area contributed by atoms with Crippen molar-refractivity contribution in [1.82, 2.24) is 4.90 Å². The van der Waals surface area contributed by atoms with Crippen LogP contribution in [0, 0.1) is 5.92 Å². The molecule has 7 heteroatoms. The third-order valence-electron chi connectivity index (χ3n) is 6.61. The molecule has 3 aliphatic heterocycles. The minimum absolute atomic E-state index is 0.0144. The standard InChI is InChI=1S/C24H29NO6/c1-14-22(15-9-20(26-2)23(28-4)21(10-15)27-3)16-11-18-19(30-13-29-18)12-17(16)31-24(14)25-7-5-6-8-25/h9-12,14,22,24H,5-8,13H2,1-4H3/t14-,22+,24+/m0/s1. The lowest BCUT2D eigenvalue weighted by Gasteiger charge is -2.42. The molecule has 0 aromatic heterocycles. The van der Waals surface area contributed by atoms with E-state index in [2.05, 4.69) is 17.9 Å². The van der Waals surface area contributed by atoms with Gasteiger partial charge in [0.2, 0.25) is 12.5 Å². The molecule has 7 nitrogen and oxygen atoms in total. The molecule has 1 saturated heterocycles. The van der Waals surface area contributed by atoms with E-state index in [9.17, 15) is 0 Å². The van der Waals surface area contributed by atoms with Crippen LogP contribution in [-0.2, 0) is 0 Å². The number of hydrogen-bond acceptors (Lipinski definition) is 7. The molecule has 0 unspecified atom stereocenters. The van der Waals surface area contributed by atoms with Gasteiger partial charge in [0.25, 0.3) is 0 Å². The van der Waals surface area contributed by atoms with Crippen molar-refractivity contribution in [2.24, 2.45) is 5.92 Å². The van der Waals surface area contributed by atoms with Gasteiger partial charge < -0.3 is 28.4 Å². The molecule has 2 aromatic carbocycles. The van der Waals surface area contributed by atoms with E-state index in [-0.39, 0.29) is 24.9 Å². The van der Waals surface area contributed by atoms with Crippen molar-refractivity contribution < 1.29 is 28.4 Å². The summed E-state index contributed by atoms with van der Waals surface area (Å²) in [6.45, 7) is 4.59. The average Bonchev–Trinajstić information content (AvgIpc) is 3.48. The van der Waals surface area contributed by atoms with Crippen LogP contribution in [0.1, 0.15) is 36.8 Å². The van der Waals surface area contributed by atoms with Gasteiger partial charge in [-0.05, 0) is 36.6 Å². The maximum absolute atomic E-state index is 6.57. The van der Waals surface area contributed by atoms with Crippen LogP contribution in [0.25, 0.3) is 0 Å². The third kappa shape index (κ3) is 3.31. The maximum atomic E-state index is 6.57. The van der Waals surface area contributed by atoms with Crippen LogP contribution >= 0.6 is 0 Å². The minimum atomic E-state index is -0.0144. The zero-order chi connectivity index (χ0) is 21.5. The van der Waals surface area contributed by atoms with Crippen LogP contribution < -0.4 is 28.4 Å². The van der Waals surface area contributed by atoms with Crippen LogP contribution in [0.3, 0.4) is 0 Å². The fourth-order valence-corrected chi connectivity index (χ4v) is 5.14. The molecule has 166 valence electrons. The topological polar surface area (TPSA) is 58.6 Å². The zero-order valence-electron chi connectivity index (χ0n) is 18.5. The fraction of sp³-hybridized carbons (Fsp3) is 0.500. The highest BCUT2D eigenvalue weighted by atomic mass is 16.7. The van der Waals surface area contributed by atoms with Crippen molar-refractivity contribution in [3.05, 3.63) is 35.4 Å². The number of hydrogen-bond donors (Lipinski definition) is 0. The van der Waals surface area contributed by atoms with Gasteiger partial charge in [-0.2, -0.15) is 0 Å². The summed E-state index contributed by atoms with van der Waals surface area (Å²) in [6, 6.07) is 8.12. The molecule has 0 radical (unpaired) electrons. The molecule has 1 fully saturated rings. The van der Waals surface area contributed by atoms with Crippen LogP contribution in [-0.4, -0.2) is 52.3 Å². The van der Waals surface area contributed by atoms with E-state index in [1.807, 2.05) is 18.2 Å². The van der Waals surface area contributed by atoms with Gasteiger partial charge in [0.15, 0.2) is 29.2 Å². The van der Waals surface area contributed by atoms with Gasteiger partial charge in [-0.3, -0.25) is 4.90 Å². The van der Waals surface area contributed by atoms with Gasteiger partial charge in [0.05, 0.1) is 21.3 Å². The quantitative estimate of drug-likeness (QED) is 0.714. The van der Waals surface area contributed by atoms with Gasteiger partial charge in [0, 0.05) is 36.6 Å². The molecule has 3 heterocycles. The molecule has 5 rings (SSSR count). The van der Waals surface area contributed by atoms with E-state index in [1.165, 1.54) is 12.8 Å². The first-order valence-electron chi connectivity index (χ1n) is 10.8. The highest BCUT2D eigenvalue weighted by Gasteiger charge is 2.42. The first-order valence-corrected chi connectivity index (χ1v) is 10.8. The Morgan fingerprint density at radius 1 is 0.839 bits per heavy atom. The highest BCUT2D eigenvalue weighted by molar-refractivity contribution is 5.60. The number of ether oxygens (including phenoxy) is 6. The first kappa shape index (κ1) is 20.1. The van der Waals surface area contributed by atoms with Crippen molar-refractivity contribution in [2.75, 3.05) is 41.2 Å². The Morgan fingerprint density at radius 2 is 1.48 bits per heavy atom. The van der Waals surface area contributed by atoms with Crippen molar-refractivity contribution in [3.8, 4) is 34.5 Å². The summed E-state index contributed by atoms with van der Waals surface area (Å²) in [5.41, 5.74) is 2.18. The fourth-order valence-electron chi connectivity index (χ4n) is 5.14. The molecular formula is C24H29NO6. The van der Waals surface area contributed by atoms with E-state index in [0.29, 0.717) is 17.2 Å². The van der Waals surface area contributed by atoms with E-state index in [0.717, 1.165) is 41.5 Å². The summed E-state index contributed by atoms with van der Waals surface area (Å²) in [7, 11) is 4.91. The molecule has 0 aliphatic carbocycles. The summed E-state index contributed by atoms with van der Waals surface area (Å²) in [6.07, 6.45) is 2.39. The Balaban J connectivity index is 1.66. The second kappa shape index (κ2) is 8.04. The van der Waals surface area contributed by atoms with Gasteiger partial charge in [-0.15, -0.1) is 0 Å². The van der Waals surface area contributed by atoms with Crippen LogP contribution in [0.15, 0.2) is 24.3 Å². The summed E-state index contributed by atoms with van der Waals surface area (Å²) >= 11 is 0. The smallest absolute Gasteiger partial charge is 0.231 e. The highest BCUT2D eigenvalue weighted by Crippen LogP contribution is 2.52. The minimum Gasteiger partial charge on any atom is -0.493 e. The largest absolute Gasteiger partial charge is 0.493 e. The first-order chi connectivity index (χ1) is 15.1. The Hall–Kier alpha value is -2.80. The number of nitrogens with zero attached hydrogens (tertiary/aromatic N) is 1. The van der Waals surface area contributed by atoms with E-state index >= 15 is 0 Å². The van der Waals surface area contributed by atoms with E-state index in [4.69, 9.17) is 28.4 Å². The Labute approximate surface area is 182 Å². The van der Waals surface area contributed by atoms with Crippen LogP contribution in [0.2, 0.25) is 0 Å². The van der Waals surface area contributed by atoms with Gasteiger partial charge in [0.1, 0.15) is 5.75 Å². The molecule has 3 aliphatic rings. The lowest BCUT2D eigenvalue weighted by molar-refractivity contribution is -0.0178. The maximum Gasteiger partial charge on any atom is 0.231 e. The molecular weight excluding hydrogens is 398 g/mol. The zero-order valence-corrected chi connectivity index (χ0v) is 18.5. The molecule has 0 amide bonds. The Bertz CT molecular complexity index is 946. The molecule has 0 bridgehead atoms. The average molecular weight is 427 g/mol. The predicted molar refractivity (Wildman–Crippen MR) is 115 cm³/mol. The molecule has 2 aromatic rings. The van der Waals surface area contributed by atoms with Gasteiger partial charge in [-0.1, -0.05) is 6.92 Å². The molecule has 3 atom stereocenters. The normalized spacial score (nSPS) is 24.5. The summed E-state index contributed by atoms with van der Waals surface area (Å²) in [5.74, 6) is 4.50. The molecule has 0 saturated carbocycles. The van der Waals surface area contributed by atoms with Gasteiger partial charge >= 0.3 is 0 Å². The van der Waals surface area contributed by atoms with Crippen LogP contribution in [0.5, 0.6) is 34.5 Å². The number of likely N-dealkylation sites (tertiary alicyclic amines) is 1. The number of rotatable bonds is 5. The number of methoxy groups -OCH3 is 3. The van der Waals surface area contributed by atoms with Crippen molar-refractivity contribution in [1.29, 1.82) is 0 Å². The Kier molecular flexibility index (Phi) is 5.22. The summed E-state index contributed by atoms with van der Waals surface area (Å²) in [5, 5.41) is 0. The second-order valence-corrected chi connectivity index (χ2v) is 8.29. The predicted octanol–water partition coefficient (Wildman–Crippen LogP) is 4.02. The number of benzene rings is 2. The third-order valence-corrected chi connectivity index (χ3v) is 6.61. The second-order valence-electron chi connectivity index (χ2n) is 8.29. The molecule has 31 heavy (non-hydrogen) atoms. The SMILES string of the molecule is COc1cc([C@@H]2c3cc4c(cc3O[C@@H](N3CCCC3)[C@H]2C)OCO4)cc(OC)c1OC. The van der Waals surface area contributed by atoms with Crippen molar-refractivity contribution >= 4 is 0 Å². The Morgan fingerprint density at radius 3 is 2.10 bits per heavy atom. The van der Waals surface area contributed by atoms with Crippen LogP contribution in [0.4, 0.5) is 0 Å². The summed E-state index contributed by atoms with van der Waals surface area (Å²) < 4.78 is 34.7. The van der Waals surface area contributed by atoms with Crippen molar-refractivity contribution in [3.63, 3.8) is 0 Å². The molecule has 0 N–H and O–H groups in total. The molecule has 0 spiro atoms. The monoisotopic (exact) mass is 427 g/mol. The van der Waals surface area contributed by atoms with Gasteiger partial charge in [-0.25, -0.2) is 0 Å². The number of fused-ring (bicyclic) bond motifs is 2. The summed E-state index contributed by atoms with van der Waals surface area (Å²) in [4.78, 5) is 2.45. The van der Waals surface area contributed by atoms with E-state index < -0.39 is 0 Å².